The molecule has 2 aromatic carbocycles. The van der Waals surface area contributed by atoms with Gasteiger partial charge in [0.1, 0.15) is 0 Å². The molecule has 0 fully saturated rings. The lowest BCUT2D eigenvalue weighted by molar-refractivity contribution is 0.187. The fourth-order valence-corrected chi connectivity index (χ4v) is 3.33. The summed E-state index contributed by atoms with van der Waals surface area (Å²) in [6.45, 7) is 6.41. The zero-order valence-electron chi connectivity index (χ0n) is 17.0. The maximum Gasteiger partial charge on any atom is 0.411 e. The number of anilines is 1. The molecule has 1 unspecified atom stereocenters. The van der Waals surface area contributed by atoms with E-state index in [0.717, 1.165) is 24.6 Å². The summed E-state index contributed by atoms with van der Waals surface area (Å²) < 4.78 is 4.58. The highest BCUT2D eigenvalue weighted by molar-refractivity contribution is 14.0. The van der Waals surface area contributed by atoms with Crippen LogP contribution in [0.25, 0.3) is 0 Å². The maximum atomic E-state index is 11.2. The van der Waals surface area contributed by atoms with Crippen LogP contribution in [-0.4, -0.2) is 37.5 Å². The molecule has 0 aliphatic heterocycles. The Morgan fingerprint density at radius 2 is 1.79 bits per heavy atom. The molecular weight excluding hydrogens is 499 g/mol. The van der Waals surface area contributed by atoms with E-state index in [4.69, 9.17) is 0 Å². The zero-order valence-corrected chi connectivity index (χ0v) is 20.1. The van der Waals surface area contributed by atoms with Crippen molar-refractivity contribution in [1.29, 1.82) is 0 Å². The van der Waals surface area contributed by atoms with Crippen LogP contribution in [0.3, 0.4) is 0 Å². The minimum absolute atomic E-state index is 0. The van der Waals surface area contributed by atoms with Crippen molar-refractivity contribution in [2.45, 2.75) is 30.5 Å². The van der Waals surface area contributed by atoms with Crippen LogP contribution in [0.4, 0.5) is 10.5 Å². The van der Waals surface area contributed by atoms with E-state index in [9.17, 15) is 4.79 Å². The molecule has 1 amide bonds. The number of halogens is 1. The van der Waals surface area contributed by atoms with E-state index in [1.54, 1.807) is 0 Å². The molecule has 3 N–H and O–H groups in total. The summed E-state index contributed by atoms with van der Waals surface area (Å²) in [5.74, 6) is 0.791. The SMILES string of the molecule is CCNC(=NCc1ccc(NC(=O)OC)cc1)NCC(C)Sc1ccccc1.I. The summed E-state index contributed by atoms with van der Waals surface area (Å²) in [6.07, 6.45) is -0.480. The van der Waals surface area contributed by atoms with Crippen LogP contribution in [0, 0.1) is 0 Å². The number of nitrogens with zero attached hydrogens (tertiary/aromatic N) is 1. The number of carbonyl (C=O) groups excluding carboxylic acids is 1. The van der Waals surface area contributed by atoms with E-state index in [1.807, 2.05) is 49.0 Å². The Kier molecular flexibility index (Phi) is 12.2. The summed E-state index contributed by atoms with van der Waals surface area (Å²) in [5, 5.41) is 9.72. The number of ether oxygens (including phenoxy) is 1. The highest BCUT2D eigenvalue weighted by Gasteiger charge is 2.06. The molecule has 2 aromatic rings. The number of rotatable bonds is 8. The summed E-state index contributed by atoms with van der Waals surface area (Å²) >= 11 is 1.84. The summed E-state index contributed by atoms with van der Waals surface area (Å²) in [6, 6.07) is 17.9. The molecule has 0 bridgehead atoms. The second kappa shape index (κ2) is 14.1. The molecule has 0 aliphatic rings. The lowest BCUT2D eigenvalue weighted by Crippen LogP contribution is -2.40. The molecule has 0 radical (unpaired) electrons. The van der Waals surface area contributed by atoms with Gasteiger partial charge in [-0.2, -0.15) is 0 Å². The van der Waals surface area contributed by atoms with E-state index in [0.29, 0.717) is 17.5 Å². The van der Waals surface area contributed by atoms with Crippen molar-refractivity contribution < 1.29 is 9.53 Å². The Hall–Kier alpha value is -1.94. The predicted molar refractivity (Wildman–Crippen MR) is 132 cm³/mol. The van der Waals surface area contributed by atoms with E-state index < -0.39 is 6.09 Å². The first kappa shape index (κ1) is 25.1. The highest BCUT2D eigenvalue weighted by Crippen LogP contribution is 2.21. The first-order chi connectivity index (χ1) is 13.6. The number of hydrogen-bond acceptors (Lipinski definition) is 4. The number of guanidine groups is 1. The van der Waals surface area contributed by atoms with Gasteiger partial charge >= 0.3 is 6.09 Å². The maximum absolute atomic E-state index is 11.2. The van der Waals surface area contributed by atoms with Gasteiger partial charge in [0.15, 0.2) is 5.96 Å². The average Bonchev–Trinajstić information content (AvgIpc) is 2.71. The third-order valence-electron chi connectivity index (χ3n) is 3.79. The van der Waals surface area contributed by atoms with E-state index in [-0.39, 0.29) is 24.0 Å². The summed E-state index contributed by atoms with van der Waals surface area (Å²) in [4.78, 5) is 17.1. The number of nitrogens with one attached hydrogen (secondary N) is 3. The first-order valence-electron chi connectivity index (χ1n) is 9.28. The van der Waals surface area contributed by atoms with Gasteiger partial charge in [0, 0.05) is 28.9 Å². The second-order valence-corrected chi connectivity index (χ2v) is 7.64. The van der Waals surface area contributed by atoms with Gasteiger partial charge in [-0.05, 0) is 36.8 Å². The second-order valence-electron chi connectivity index (χ2n) is 6.13. The molecule has 6 nitrogen and oxygen atoms in total. The molecular formula is C21H29IN4O2S. The van der Waals surface area contributed by atoms with Crippen LogP contribution < -0.4 is 16.0 Å². The van der Waals surface area contributed by atoms with Crippen molar-refractivity contribution in [3.63, 3.8) is 0 Å². The van der Waals surface area contributed by atoms with Crippen LogP contribution in [0.2, 0.25) is 0 Å². The Morgan fingerprint density at radius 1 is 1.10 bits per heavy atom. The van der Waals surface area contributed by atoms with Crippen molar-refractivity contribution in [3.8, 4) is 0 Å². The van der Waals surface area contributed by atoms with Crippen molar-refractivity contribution in [2.75, 3.05) is 25.5 Å². The topological polar surface area (TPSA) is 74.8 Å². The molecule has 0 saturated heterocycles. The smallest absolute Gasteiger partial charge is 0.411 e. The Morgan fingerprint density at radius 3 is 2.41 bits per heavy atom. The molecule has 29 heavy (non-hydrogen) atoms. The van der Waals surface area contributed by atoms with Crippen LogP contribution in [0.1, 0.15) is 19.4 Å². The molecule has 158 valence electrons. The lowest BCUT2D eigenvalue weighted by atomic mass is 10.2. The Bertz CT molecular complexity index is 757. The molecule has 0 spiro atoms. The summed E-state index contributed by atoms with van der Waals surface area (Å²) in [7, 11) is 1.34. The minimum atomic E-state index is -0.480. The van der Waals surface area contributed by atoms with Crippen molar-refractivity contribution in [1.82, 2.24) is 10.6 Å². The number of aliphatic imine (C=N–C) groups is 1. The standard InChI is InChI=1S/C21H28N4O2S.HI/c1-4-22-20(23-14-16(2)28-19-8-6-5-7-9-19)24-15-17-10-12-18(13-11-17)25-21(26)27-3;/h5-13,16H,4,14-15H2,1-3H3,(H,25,26)(H2,22,23,24);1H. The average molecular weight is 528 g/mol. The third kappa shape index (κ3) is 9.89. The number of benzene rings is 2. The fourth-order valence-electron chi connectivity index (χ4n) is 2.39. The molecule has 0 aliphatic carbocycles. The summed E-state index contributed by atoms with van der Waals surface area (Å²) in [5.41, 5.74) is 1.75. The van der Waals surface area contributed by atoms with E-state index >= 15 is 0 Å². The molecule has 1 atom stereocenters. The number of amides is 1. The number of carbonyl (C=O) groups is 1. The van der Waals surface area contributed by atoms with E-state index in [1.165, 1.54) is 12.0 Å². The fraction of sp³-hybridized carbons (Fsp3) is 0.333. The highest BCUT2D eigenvalue weighted by atomic mass is 127. The Balaban J connectivity index is 0.00000420. The normalized spacial score (nSPS) is 11.8. The molecule has 0 heterocycles. The van der Waals surface area contributed by atoms with Gasteiger partial charge in [0.2, 0.25) is 0 Å². The van der Waals surface area contributed by atoms with Gasteiger partial charge in [-0.1, -0.05) is 37.3 Å². The molecule has 0 saturated carbocycles. The number of methoxy groups -OCH3 is 1. The number of thioether (sulfide) groups is 1. The van der Waals surface area contributed by atoms with Crippen LogP contribution in [0.5, 0.6) is 0 Å². The van der Waals surface area contributed by atoms with Crippen molar-refractivity contribution >= 4 is 53.5 Å². The van der Waals surface area contributed by atoms with Crippen LogP contribution in [0.15, 0.2) is 64.5 Å². The first-order valence-corrected chi connectivity index (χ1v) is 10.2. The predicted octanol–water partition coefficient (Wildman–Crippen LogP) is 4.72. The molecule has 2 rings (SSSR count). The lowest BCUT2D eigenvalue weighted by Gasteiger charge is -2.15. The molecule has 8 heteroatoms. The van der Waals surface area contributed by atoms with Gasteiger partial charge in [-0.25, -0.2) is 9.79 Å². The van der Waals surface area contributed by atoms with Gasteiger partial charge in [-0.15, -0.1) is 35.7 Å². The van der Waals surface area contributed by atoms with Crippen LogP contribution >= 0.6 is 35.7 Å². The third-order valence-corrected chi connectivity index (χ3v) is 4.90. The Labute approximate surface area is 194 Å². The van der Waals surface area contributed by atoms with E-state index in [2.05, 4.69) is 56.9 Å². The minimum Gasteiger partial charge on any atom is -0.453 e. The zero-order chi connectivity index (χ0) is 20.2. The van der Waals surface area contributed by atoms with Gasteiger partial charge in [0.05, 0.1) is 13.7 Å². The van der Waals surface area contributed by atoms with Crippen molar-refractivity contribution in [3.05, 3.63) is 60.2 Å². The largest absolute Gasteiger partial charge is 0.453 e. The van der Waals surface area contributed by atoms with Gasteiger partial charge < -0.3 is 15.4 Å². The number of hydrogen-bond donors (Lipinski definition) is 3. The quantitative estimate of drug-likeness (QED) is 0.200. The monoisotopic (exact) mass is 528 g/mol. The molecule has 0 aromatic heterocycles. The van der Waals surface area contributed by atoms with Crippen molar-refractivity contribution in [2.24, 2.45) is 4.99 Å². The van der Waals surface area contributed by atoms with Gasteiger partial charge in [0.25, 0.3) is 0 Å². The van der Waals surface area contributed by atoms with Crippen LogP contribution in [-0.2, 0) is 11.3 Å². The van der Waals surface area contributed by atoms with Gasteiger partial charge in [-0.3, -0.25) is 5.32 Å².